The van der Waals surface area contributed by atoms with Crippen LogP contribution in [0, 0.1) is 5.92 Å². The van der Waals surface area contributed by atoms with E-state index in [-0.39, 0.29) is 17.9 Å². The van der Waals surface area contributed by atoms with Crippen LogP contribution in [0.25, 0.3) is 0 Å². The molecule has 0 spiro atoms. The van der Waals surface area contributed by atoms with Gasteiger partial charge >= 0.3 is 0 Å². The Labute approximate surface area is 126 Å². The number of benzene rings is 1. The van der Waals surface area contributed by atoms with Crippen molar-refractivity contribution in [3.63, 3.8) is 0 Å². The predicted octanol–water partition coefficient (Wildman–Crippen LogP) is 1.66. The number of hydrogen-bond acceptors (Lipinski definition) is 4. The van der Waals surface area contributed by atoms with Gasteiger partial charge in [-0.05, 0) is 43.5 Å². The predicted molar refractivity (Wildman–Crippen MR) is 81.4 cm³/mol. The maximum Gasteiger partial charge on any atom is 0.225 e. The molecule has 0 heterocycles. The van der Waals surface area contributed by atoms with Crippen molar-refractivity contribution in [3.05, 3.63) is 24.3 Å². The number of hydrogen-bond donors (Lipinski definition) is 1. The van der Waals surface area contributed by atoms with Gasteiger partial charge in [-0.1, -0.05) is 0 Å². The van der Waals surface area contributed by atoms with Crippen LogP contribution in [-0.4, -0.2) is 44.2 Å². The minimum atomic E-state index is 0.0889. The van der Waals surface area contributed by atoms with Crippen molar-refractivity contribution in [2.45, 2.75) is 25.3 Å². The summed E-state index contributed by atoms with van der Waals surface area (Å²) in [5.74, 6) is 1.85. The Morgan fingerprint density at radius 1 is 1.29 bits per heavy atom. The van der Waals surface area contributed by atoms with E-state index in [4.69, 9.17) is 15.2 Å². The SMILES string of the molecule is COc1ccc(OCCN(C)C(=O)[C@@H]2CC[C@H](N)C2)cc1. The van der Waals surface area contributed by atoms with Crippen LogP contribution in [0.4, 0.5) is 0 Å². The topological polar surface area (TPSA) is 64.8 Å². The van der Waals surface area contributed by atoms with E-state index in [1.165, 1.54) is 0 Å². The van der Waals surface area contributed by atoms with E-state index in [2.05, 4.69) is 0 Å². The first-order chi connectivity index (χ1) is 10.1. The van der Waals surface area contributed by atoms with Gasteiger partial charge in [0.2, 0.25) is 5.91 Å². The zero-order valence-electron chi connectivity index (χ0n) is 12.7. The highest BCUT2D eigenvalue weighted by atomic mass is 16.5. The number of likely N-dealkylation sites (N-methyl/N-ethyl adjacent to an activating group) is 1. The lowest BCUT2D eigenvalue weighted by Crippen LogP contribution is -2.35. The zero-order valence-corrected chi connectivity index (χ0v) is 12.7. The van der Waals surface area contributed by atoms with Crippen LogP contribution in [0.2, 0.25) is 0 Å². The van der Waals surface area contributed by atoms with E-state index in [0.29, 0.717) is 13.2 Å². The van der Waals surface area contributed by atoms with Gasteiger partial charge in [-0.25, -0.2) is 0 Å². The highest BCUT2D eigenvalue weighted by Gasteiger charge is 2.29. The van der Waals surface area contributed by atoms with Gasteiger partial charge in [0, 0.05) is 19.0 Å². The normalized spacial score (nSPS) is 21.1. The van der Waals surface area contributed by atoms with Gasteiger partial charge in [0.1, 0.15) is 18.1 Å². The number of nitrogens with zero attached hydrogens (tertiary/aromatic N) is 1. The summed E-state index contributed by atoms with van der Waals surface area (Å²) in [7, 11) is 3.45. The van der Waals surface area contributed by atoms with Crippen LogP contribution in [0.3, 0.4) is 0 Å². The zero-order chi connectivity index (χ0) is 15.2. The molecule has 1 amide bonds. The number of amides is 1. The fourth-order valence-corrected chi connectivity index (χ4v) is 2.63. The summed E-state index contributed by atoms with van der Waals surface area (Å²) in [5.41, 5.74) is 5.86. The van der Waals surface area contributed by atoms with Crippen LogP contribution >= 0.6 is 0 Å². The van der Waals surface area contributed by atoms with Gasteiger partial charge in [0.05, 0.1) is 13.7 Å². The van der Waals surface area contributed by atoms with Gasteiger partial charge in [0.15, 0.2) is 0 Å². The molecule has 116 valence electrons. The van der Waals surface area contributed by atoms with E-state index in [0.717, 1.165) is 30.8 Å². The lowest BCUT2D eigenvalue weighted by Gasteiger charge is -2.21. The molecule has 21 heavy (non-hydrogen) atoms. The van der Waals surface area contributed by atoms with Crippen LogP contribution < -0.4 is 15.2 Å². The third-order valence-electron chi connectivity index (χ3n) is 3.95. The summed E-state index contributed by atoms with van der Waals surface area (Å²) in [6, 6.07) is 7.60. The second kappa shape index (κ2) is 7.31. The summed E-state index contributed by atoms with van der Waals surface area (Å²) in [4.78, 5) is 14.0. The van der Waals surface area contributed by atoms with E-state index in [1.54, 1.807) is 12.0 Å². The number of nitrogens with two attached hydrogens (primary N) is 1. The number of carbonyl (C=O) groups is 1. The minimum Gasteiger partial charge on any atom is -0.497 e. The smallest absolute Gasteiger partial charge is 0.225 e. The fourth-order valence-electron chi connectivity index (χ4n) is 2.63. The fraction of sp³-hybridized carbons (Fsp3) is 0.562. The summed E-state index contributed by atoms with van der Waals surface area (Å²) < 4.78 is 10.7. The maximum absolute atomic E-state index is 12.2. The first kappa shape index (κ1) is 15.6. The largest absolute Gasteiger partial charge is 0.497 e. The van der Waals surface area contributed by atoms with Crippen molar-refractivity contribution in [1.82, 2.24) is 4.90 Å². The van der Waals surface area contributed by atoms with E-state index >= 15 is 0 Å². The number of methoxy groups -OCH3 is 1. The molecular formula is C16H24N2O3. The number of carbonyl (C=O) groups excluding carboxylic acids is 1. The van der Waals surface area contributed by atoms with Crippen LogP contribution in [0.15, 0.2) is 24.3 Å². The van der Waals surface area contributed by atoms with Gasteiger partial charge in [-0.3, -0.25) is 4.79 Å². The number of rotatable bonds is 6. The summed E-state index contributed by atoms with van der Waals surface area (Å²) in [6.07, 6.45) is 2.67. The minimum absolute atomic E-state index is 0.0889. The molecule has 0 unspecified atom stereocenters. The third kappa shape index (κ3) is 4.36. The van der Waals surface area contributed by atoms with E-state index < -0.39 is 0 Å². The molecule has 2 atom stereocenters. The highest BCUT2D eigenvalue weighted by Crippen LogP contribution is 2.25. The monoisotopic (exact) mass is 292 g/mol. The molecule has 5 heteroatoms. The molecule has 2 rings (SSSR count). The van der Waals surface area contributed by atoms with E-state index in [9.17, 15) is 4.79 Å². The van der Waals surface area contributed by atoms with Crippen LogP contribution in [0.5, 0.6) is 11.5 Å². The number of ether oxygens (including phenoxy) is 2. The summed E-state index contributed by atoms with van der Waals surface area (Å²) in [5, 5.41) is 0. The molecular weight excluding hydrogens is 268 g/mol. The Morgan fingerprint density at radius 2 is 1.95 bits per heavy atom. The van der Waals surface area contributed by atoms with Crippen molar-refractivity contribution in [2.24, 2.45) is 11.7 Å². The molecule has 1 aliphatic rings. The first-order valence-electron chi connectivity index (χ1n) is 7.37. The van der Waals surface area contributed by atoms with Gasteiger partial charge in [-0.15, -0.1) is 0 Å². The first-order valence-corrected chi connectivity index (χ1v) is 7.37. The molecule has 1 aromatic carbocycles. The maximum atomic E-state index is 12.2. The van der Waals surface area contributed by atoms with E-state index in [1.807, 2.05) is 31.3 Å². The van der Waals surface area contributed by atoms with Crippen molar-refractivity contribution in [2.75, 3.05) is 27.3 Å². The molecule has 1 saturated carbocycles. The molecule has 0 bridgehead atoms. The molecule has 0 saturated heterocycles. The summed E-state index contributed by atoms with van der Waals surface area (Å²) in [6.45, 7) is 1.06. The molecule has 5 nitrogen and oxygen atoms in total. The molecule has 1 aromatic rings. The average Bonchev–Trinajstić information content (AvgIpc) is 2.93. The van der Waals surface area contributed by atoms with Gasteiger partial charge in [0.25, 0.3) is 0 Å². The molecule has 0 radical (unpaired) electrons. The summed E-state index contributed by atoms with van der Waals surface area (Å²) >= 11 is 0. The van der Waals surface area contributed by atoms with Crippen LogP contribution in [-0.2, 0) is 4.79 Å². The Morgan fingerprint density at radius 3 is 2.52 bits per heavy atom. The lowest BCUT2D eigenvalue weighted by atomic mass is 10.1. The second-order valence-electron chi connectivity index (χ2n) is 5.55. The lowest BCUT2D eigenvalue weighted by molar-refractivity contribution is -0.134. The third-order valence-corrected chi connectivity index (χ3v) is 3.95. The van der Waals surface area contributed by atoms with Crippen molar-refractivity contribution in [1.29, 1.82) is 0 Å². The Kier molecular flexibility index (Phi) is 5.44. The Balaban J connectivity index is 1.73. The highest BCUT2D eigenvalue weighted by molar-refractivity contribution is 5.78. The molecule has 0 aliphatic heterocycles. The Hall–Kier alpha value is -1.75. The van der Waals surface area contributed by atoms with Crippen molar-refractivity contribution in [3.8, 4) is 11.5 Å². The Bertz CT molecular complexity index is 461. The van der Waals surface area contributed by atoms with Crippen molar-refractivity contribution < 1.29 is 14.3 Å². The molecule has 1 fully saturated rings. The standard InChI is InChI=1S/C16H24N2O3/c1-18(16(19)12-3-4-13(17)11-12)9-10-21-15-7-5-14(20-2)6-8-15/h5-8,12-13H,3-4,9-11,17H2,1-2H3/t12-,13+/m1/s1. The average molecular weight is 292 g/mol. The molecule has 1 aliphatic carbocycles. The van der Waals surface area contributed by atoms with Gasteiger partial charge in [-0.2, -0.15) is 0 Å². The van der Waals surface area contributed by atoms with Crippen LogP contribution in [0.1, 0.15) is 19.3 Å². The molecule has 2 N–H and O–H groups in total. The molecule has 0 aromatic heterocycles. The second-order valence-corrected chi connectivity index (χ2v) is 5.55. The van der Waals surface area contributed by atoms with Crippen molar-refractivity contribution >= 4 is 5.91 Å². The van der Waals surface area contributed by atoms with Gasteiger partial charge < -0.3 is 20.1 Å². The quantitative estimate of drug-likeness (QED) is 0.866.